The van der Waals surface area contributed by atoms with Gasteiger partial charge in [-0.15, -0.1) is 11.3 Å². The third-order valence-electron chi connectivity index (χ3n) is 1.83. The van der Waals surface area contributed by atoms with Crippen molar-refractivity contribution in [3.63, 3.8) is 0 Å². The van der Waals surface area contributed by atoms with E-state index in [1.165, 1.54) is 23.6 Å². The molecule has 1 N–H and O–H groups in total. The van der Waals surface area contributed by atoms with Crippen LogP contribution < -0.4 is 5.32 Å². The molecule has 0 atom stereocenters. The number of nitrogens with zero attached hydrogens (tertiary/aromatic N) is 2. The van der Waals surface area contributed by atoms with E-state index in [0.717, 1.165) is 4.88 Å². The predicted octanol–water partition coefficient (Wildman–Crippen LogP) is 2.75. The minimum absolute atomic E-state index is 0.237. The molecule has 0 aliphatic heterocycles. The summed E-state index contributed by atoms with van der Waals surface area (Å²) in [5, 5.41) is 3.56. The van der Waals surface area contributed by atoms with Crippen molar-refractivity contribution in [2.45, 2.75) is 6.92 Å². The van der Waals surface area contributed by atoms with E-state index in [4.69, 9.17) is 11.6 Å². The Labute approximate surface area is 101 Å². The molecule has 0 saturated carbocycles. The van der Waals surface area contributed by atoms with Crippen LogP contribution in [-0.2, 0) is 0 Å². The summed E-state index contributed by atoms with van der Waals surface area (Å²) in [6.45, 7) is 1.93. The normalized spacial score (nSPS) is 10.1. The summed E-state index contributed by atoms with van der Waals surface area (Å²) in [5.74, 6) is -0.237. The van der Waals surface area contributed by atoms with E-state index in [-0.39, 0.29) is 5.91 Å². The van der Waals surface area contributed by atoms with E-state index in [0.29, 0.717) is 15.8 Å². The molecule has 6 heteroatoms. The van der Waals surface area contributed by atoms with Gasteiger partial charge in [-0.1, -0.05) is 11.6 Å². The highest BCUT2D eigenvalue weighted by Crippen LogP contribution is 2.17. The molecule has 0 spiro atoms. The van der Waals surface area contributed by atoms with Gasteiger partial charge in [-0.2, -0.15) is 0 Å². The van der Waals surface area contributed by atoms with Gasteiger partial charge >= 0.3 is 0 Å². The molecule has 2 heterocycles. The standard InChI is InChI=1S/C10H8ClN3OS/c1-6-5-13-10(16-6)14-9(15)7-2-3-12-8(11)4-7/h2-5H,1H3,(H,13,14,15). The van der Waals surface area contributed by atoms with Gasteiger partial charge in [-0.05, 0) is 19.1 Å². The van der Waals surface area contributed by atoms with E-state index < -0.39 is 0 Å². The van der Waals surface area contributed by atoms with E-state index in [2.05, 4.69) is 15.3 Å². The van der Waals surface area contributed by atoms with Crippen LogP contribution in [0.4, 0.5) is 5.13 Å². The Morgan fingerprint density at radius 2 is 2.31 bits per heavy atom. The van der Waals surface area contributed by atoms with Crippen molar-refractivity contribution < 1.29 is 4.79 Å². The summed E-state index contributed by atoms with van der Waals surface area (Å²) < 4.78 is 0. The molecule has 1 amide bonds. The van der Waals surface area contributed by atoms with Crippen LogP contribution in [0.2, 0.25) is 5.15 Å². The van der Waals surface area contributed by atoms with Crippen LogP contribution in [0.5, 0.6) is 0 Å². The van der Waals surface area contributed by atoms with Crippen molar-refractivity contribution >= 4 is 34.0 Å². The Morgan fingerprint density at radius 1 is 1.50 bits per heavy atom. The fourth-order valence-electron chi connectivity index (χ4n) is 1.13. The number of hydrogen-bond donors (Lipinski definition) is 1. The molecular weight excluding hydrogens is 246 g/mol. The molecule has 4 nitrogen and oxygen atoms in total. The quantitative estimate of drug-likeness (QED) is 0.838. The van der Waals surface area contributed by atoms with Crippen molar-refractivity contribution in [1.82, 2.24) is 9.97 Å². The minimum Gasteiger partial charge on any atom is -0.298 e. The number of amides is 1. The third kappa shape index (κ3) is 2.56. The van der Waals surface area contributed by atoms with Gasteiger partial charge in [0.25, 0.3) is 5.91 Å². The maximum Gasteiger partial charge on any atom is 0.257 e. The zero-order valence-corrected chi connectivity index (χ0v) is 9.97. The molecule has 2 aromatic heterocycles. The lowest BCUT2D eigenvalue weighted by Gasteiger charge is -2.01. The van der Waals surface area contributed by atoms with Crippen molar-refractivity contribution in [3.05, 3.63) is 40.1 Å². The van der Waals surface area contributed by atoms with Gasteiger partial charge in [0.2, 0.25) is 0 Å². The molecule has 0 unspecified atom stereocenters. The maximum absolute atomic E-state index is 11.7. The van der Waals surface area contributed by atoms with Crippen molar-refractivity contribution in [2.75, 3.05) is 5.32 Å². The molecule has 16 heavy (non-hydrogen) atoms. The van der Waals surface area contributed by atoms with Gasteiger partial charge in [0.15, 0.2) is 5.13 Å². The van der Waals surface area contributed by atoms with Crippen molar-refractivity contribution in [1.29, 1.82) is 0 Å². The van der Waals surface area contributed by atoms with Crippen LogP contribution in [0.1, 0.15) is 15.2 Å². The molecule has 0 aromatic carbocycles. The SMILES string of the molecule is Cc1cnc(NC(=O)c2ccnc(Cl)c2)s1. The topological polar surface area (TPSA) is 54.9 Å². The lowest BCUT2D eigenvalue weighted by Crippen LogP contribution is -2.11. The molecule has 0 saturated heterocycles. The highest BCUT2D eigenvalue weighted by molar-refractivity contribution is 7.15. The van der Waals surface area contributed by atoms with E-state index in [1.807, 2.05) is 6.92 Å². The molecule has 0 bridgehead atoms. The Morgan fingerprint density at radius 3 is 2.94 bits per heavy atom. The lowest BCUT2D eigenvalue weighted by molar-refractivity contribution is 0.102. The van der Waals surface area contributed by atoms with Gasteiger partial charge in [0, 0.05) is 22.8 Å². The zero-order valence-electron chi connectivity index (χ0n) is 8.40. The number of carbonyl (C=O) groups excluding carboxylic acids is 1. The smallest absolute Gasteiger partial charge is 0.257 e. The Balaban J connectivity index is 2.14. The third-order valence-corrected chi connectivity index (χ3v) is 2.87. The van der Waals surface area contributed by atoms with Crippen LogP contribution in [0, 0.1) is 6.92 Å². The number of thiazole rings is 1. The number of pyridine rings is 1. The average Bonchev–Trinajstić information content (AvgIpc) is 2.64. The molecular formula is C10H8ClN3OS. The maximum atomic E-state index is 11.7. The number of rotatable bonds is 2. The van der Waals surface area contributed by atoms with E-state index >= 15 is 0 Å². The molecule has 0 aliphatic rings. The lowest BCUT2D eigenvalue weighted by atomic mass is 10.2. The summed E-state index contributed by atoms with van der Waals surface area (Å²) >= 11 is 7.12. The number of carbonyl (C=O) groups is 1. The molecule has 0 fully saturated rings. The fourth-order valence-corrected chi connectivity index (χ4v) is 1.96. The summed E-state index contributed by atoms with van der Waals surface area (Å²) in [6, 6.07) is 3.11. The number of anilines is 1. The highest BCUT2D eigenvalue weighted by Gasteiger charge is 2.08. The summed E-state index contributed by atoms with van der Waals surface area (Å²) in [4.78, 5) is 20.6. The van der Waals surface area contributed by atoms with Crippen LogP contribution in [-0.4, -0.2) is 15.9 Å². The first-order valence-corrected chi connectivity index (χ1v) is 5.70. The average molecular weight is 254 g/mol. The number of aryl methyl sites for hydroxylation is 1. The van der Waals surface area contributed by atoms with Crippen LogP contribution >= 0.6 is 22.9 Å². The number of aromatic nitrogens is 2. The predicted molar refractivity (Wildman–Crippen MR) is 64.1 cm³/mol. The number of nitrogens with one attached hydrogen (secondary N) is 1. The van der Waals surface area contributed by atoms with Crippen molar-refractivity contribution in [2.24, 2.45) is 0 Å². The Hall–Kier alpha value is -1.46. The molecule has 82 valence electrons. The largest absolute Gasteiger partial charge is 0.298 e. The highest BCUT2D eigenvalue weighted by atomic mass is 35.5. The summed E-state index contributed by atoms with van der Waals surface area (Å²) in [6.07, 6.45) is 3.20. The Kier molecular flexibility index (Phi) is 3.17. The summed E-state index contributed by atoms with van der Waals surface area (Å²) in [5.41, 5.74) is 0.466. The number of hydrogen-bond acceptors (Lipinski definition) is 4. The minimum atomic E-state index is -0.237. The van der Waals surface area contributed by atoms with Crippen LogP contribution in [0.3, 0.4) is 0 Å². The monoisotopic (exact) mass is 253 g/mol. The number of halogens is 1. The van der Waals surface area contributed by atoms with E-state index in [1.54, 1.807) is 12.3 Å². The van der Waals surface area contributed by atoms with E-state index in [9.17, 15) is 4.79 Å². The van der Waals surface area contributed by atoms with Gasteiger partial charge in [0.1, 0.15) is 5.15 Å². The Bertz CT molecular complexity index is 526. The van der Waals surface area contributed by atoms with Crippen LogP contribution in [0.15, 0.2) is 24.5 Å². The second-order valence-electron chi connectivity index (χ2n) is 3.10. The molecule has 0 aliphatic carbocycles. The van der Waals surface area contributed by atoms with Gasteiger partial charge in [-0.3, -0.25) is 10.1 Å². The summed E-state index contributed by atoms with van der Waals surface area (Å²) in [7, 11) is 0. The van der Waals surface area contributed by atoms with Gasteiger partial charge < -0.3 is 0 Å². The molecule has 2 aromatic rings. The van der Waals surface area contributed by atoms with Crippen molar-refractivity contribution in [3.8, 4) is 0 Å². The first-order valence-electron chi connectivity index (χ1n) is 4.50. The second-order valence-corrected chi connectivity index (χ2v) is 4.72. The first kappa shape index (κ1) is 11.0. The second kappa shape index (κ2) is 4.59. The zero-order chi connectivity index (χ0) is 11.5. The van der Waals surface area contributed by atoms with Gasteiger partial charge in [-0.25, -0.2) is 9.97 Å². The van der Waals surface area contributed by atoms with Crippen LogP contribution in [0.25, 0.3) is 0 Å². The molecule has 2 rings (SSSR count). The first-order chi connectivity index (χ1) is 7.65. The van der Waals surface area contributed by atoms with Gasteiger partial charge in [0.05, 0.1) is 0 Å². The fraction of sp³-hybridized carbons (Fsp3) is 0.100. The molecule has 0 radical (unpaired) electrons.